The van der Waals surface area contributed by atoms with Crippen molar-refractivity contribution in [2.24, 2.45) is 16.6 Å². The minimum atomic E-state index is -1.09. The SMILES string of the molecule is CC(C)[C@@H]1C(=O)N([C@@H](Cc2ccccc2)C(=O)NCC(=O)C2=NC(C)(C)CO2)C(c2ccccc2)=CN1C(=O)c1ccc[n+](CC(N)=O)c1.[Br-]. The predicted molar refractivity (Wildman–Crippen MR) is 181 cm³/mol. The van der Waals surface area contributed by atoms with Crippen LogP contribution in [0.2, 0.25) is 0 Å². The molecule has 5 rings (SSSR count). The number of hydrogen-bond donors (Lipinski definition) is 2. The Labute approximate surface area is 301 Å². The molecule has 0 fully saturated rings. The minimum Gasteiger partial charge on any atom is -1.00 e. The first-order valence-corrected chi connectivity index (χ1v) is 16.1. The molecule has 0 bridgehead atoms. The topological polar surface area (TPSA) is 155 Å². The first kappa shape index (κ1) is 37.6. The van der Waals surface area contributed by atoms with Gasteiger partial charge < -0.3 is 32.8 Å². The van der Waals surface area contributed by atoms with Crippen molar-refractivity contribution in [3.63, 3.8) is 0 Å². The predicted octanol–water partition coefficient (Wildman–Crippen LogP) is -0.725. The quantitative estimate of drug-likeness (QED) is 0.233. The van der Waals surface area contributed by atoms with Gasteiger partial charge in [-0.15, -0.1) is 0 Å². The fraction of sp³-hybridized carbons (Fsp3) is 0.324. The smallest absolute Gasteiger partial charge is 0.283 e. The molecule has 3 aromatic rings. The van der Waals surface area contributed by atoms with E-state index in [0.717, 1.165) is 5.56 Å². The van der Waals surface area contributed by atoms with Crippen molar-refractivity contribution < 1.29 is 50.3 Å². The fourth-order valence-electron chi connectivity index (χ4n) is 5.89. The zero-order valence-corrected chi connectivity index (χ0v) is 30.0. The minimum absolute atomic E-state index is 0. The highest BCUT2D eigenvalue weighted by Crippen LogP contribution is 2.33. The van der Waals surface area contributed by atoms with E-state index < -0.39 is 47.0 Å². The molecule has 0 unspecified atom stereocenters. The van der Waals surface area contributed by atoms with Gasteiger partial charge in [-0.25, -0.2) is 4.99 Å². The third-order valence-electron chi connectivity index (χ3n) is 8.20. The number of hydrogen-bond acceptors (Lipinski definition) is 7. The summed E-state index contributed by atoms with van der Waals surface area (Å²) in [6.45, 7) is 7.11. The van der Waals surface area contributed by atoms with Gasteiger partial charge in [-0.2, -0.15) is 4.57 Å². The fourth-order valence-corrected chi connectivity index (χ4v) is 5.89. The molecule has 2 aromatic carbocycles. The Bertz CT molecular complexity index is 1810. The van der Waals surface area contributed by atoms with E-state index in [0.29, 0.717) is 11.3 Å². The second-order valence-corrected chi connectivity index (χ2v) is 13.1. The van der Waals surface area contributed by atoms with Crippen LogP contribution in [0.25, 0.3) is 5.70 Å². The van der Waals surface area contributed by atoms with Crippen LogP contribution < -0.4 is 32.6 Å². The maximum absolute atomic E-state index is 14.8. The van der Waals surface area contributed by atoms with Gasteiger partial charge in [0.2, 0.25) is 18.2 Å². The lowest BCUT2D eigenvalue weighted by Gasteiger charge is -2.44. The lowest BCUT2D eigenvalue weighted by Crippen LogP contribution is -3.00. The molecule has 2 aliphatic rings. The zero-order valence-electron chi connectivity index (χ0n) is 28.4. The van der Waals surface area contributed by atoms with Crippen LogP contribution in [0.4, 0.5) is 0 Å². The Hall–Kier alpha value is -5.17. The Morgan fingerprint density at radius 3 is 2.28 bits per heavy atom. The maximum atomic E-state index is 14.8. The monoisotopic (exact) mass is 744 g/mol. The van der Waals surface area contributed by atoms with Crippen molar-refractivity contribution in [3.05, 3.63) is 108 Å². The van der Waals surface area contributed by atoms with Gasteiger partial charge in [-0.1, -0.05) is 74.5 Å². The van der Waals surface area contributed by atoms with Crippen molar-refractivity contribution in [1.82, 2.24) is 15.1 Å². The van der Waals surface area contributed by atoms with Crippen molar-refractivity contribution >= 4 is 41.0 Å². The molecular formula is C37H41BrN6O6. The number of carbonyl (C=O) groups excluding carboxylic acids is 5. The first-order valence-electron chi connectivity index (χ1n) is 16.1. The van der Waals surface area contributed by atoms with Crippen LogP contribution in [0.5, 0.6) is 0 Å². The number of nitrogens with zero attached hydrogens (tertiary/aromatic N) is 4. The molecule has 0 spiro atoms. The van der Waals surface area contributed by atoms with E-state index in [1.807, 2.05) is 64.1 Å². The Morgan fingerprint density at radius 1 is 1.02 bits per heavy atom. The summed E-state index contributed by atoms with van der Waals surface area (Å²) >= 11 is 0. The number of halogens is 1. The van der Waals surface area contributed by atoms with Gasteiger partial charge in [0.25, 0.3) is 23.6 Å². The van der Waals surface area contributed by atoms with Crippen LogP contribution in [0.1, 0.15) is 49.2 Å². The highest BCUT2D eigenvalue weighted by atomic mass is 79.9. The van der Waals surface area contributed by atoms with E-state index in [9.17, 15) is 24.0 Å². The summed E-state index contributed by atoms with van der Waals surface area (Å²) in [4.78, 5) is 74.9. The molecule has 3 heterocycles. The molecule has 4 amide bonds. The van der Waals surface area contributed by atoms with Gasteiger partial charge >= 0.3 is 0 Å². The molecule has 0 aliphatic carbocycles. The number of rotatable bonds is 12. The second-order valence-electron chi connectivity index (χ2n) is 13.1. The lowest BCUT2D eigenvalue weighted by atomic mass is 9.93. The number of nitrogens with one attached hydrogen (secondary N) is 1. The second kappa shape index (κ2) is 16.0. The van der Waals surface area contributed by atoms with E-state index >= 15 is 0 Å². The van der Waals surface area contributed by atoms with Gasteiger partial charge in [-0.05, 0) is 37.0 Å². The summed E-state index contributed by atoms with van der Waals surface area (Å²) in [6.07, 6.45) is 4.87. The van der Waals surface area contributed by atoms with Crippen LogP contribution in [0.3, 0.4) is 0 Å². The number of ether oxygens (including phenoxy) is 1. The molecule has 1 aromatic heterocycles. The molecule has 2 atom stereocenters. The molecule has 12 nitrogen and oxygen atoms in total. The molecule has 13 heteroatoms. The Kier molecular flexibility index (Phi) is 12.1. The standard InChI is InChI=1S/C37H40N6O6.BrH/c1-24(2)32-36(48)43(28(18-25-12-7-5-8-13-25)33(46)39-19-30(44)34-40-37(3,4)23-49-34)29(26-14-9-6-10-15-26)21-42(32)35(47)27-16-11-17-41(20-27)22-31(38)45;/h5-17,20-21,24,28,32H,18-19,22-23H2,1-4H3,(H2-,38,39,45,46);1H/t28-,32+;/m0./s1. The number of benzene rings is 2. The summed E-state index contributed by atoms with van der Waals surface area (Å²) in [5, 5.41) is 2.73. The Balaban J connectivity index is 0.00000562. The summed E-state index contributed by atoms with van der Waals surface area (Å²) in [5.74, 6) is -2.93. The number of aromatic nitrogens is 1. The normalized spacial score (nSPS) is 17.2. The van der Waals surface area contributed by atoms with Crippen LogP contribution in [-0.4, -0.2) is 75.9 Å². The number of ketones is 1. The highest BCUT2D eigenvalue weighted by molar-refractivity contribution is 6.37. The average molecular weight is 746 g/mol. The van der Waals surface area contributed by atoms with Gasteiger partial charge in [-0.3, -0.25) is 33.8 Å². The van der Waals surface area contributed by atoms with Gasteiger partial charge in [0.15, 0.2) is 12.4 Å². The summed E-state index contributed by atoms with van der Waals surface area (Å²) in [5.41, 5.74) is 6.82. The summed E-state index contributed by atoms with van der Waals surface area (Å²) in [7, 11) is 0. The van der Waals surface area contributed by atoms with E-state index in [4.69, 9.17) is 10.5 Å². The number of carbonyl (C=O) groups is 5. The van der Waals surface area contributed by atoms with Gasteiger partial charge in [0.1, 0.15) is 24.3 Å². The summed E-state index contributed by atoms with van der Waals surface area (Å²) in [6, 6.07) is 19.5. The third-order valence-corrected chi connectivity index (χ3v) is 8.20. The number of amides is 4. The largest absolute Gasteiger partial charge is 1.00 e. The van der Waals surface area contributed by atoms with Crippen molar-refractivity contribution in [3.8, 4) is 0 Å². The van der Waals surface area contributed by atoms with Crippen LogP contribution in [0, 0.1) is 5.92 Å². The Morgan fingerprint density at radius 2 is 1.68 bits per heavy atom. The number of nitrogens with two attached hydrogens (primary N) is 1. The molecule has 3 N–H and O–H groups in total. The number of aliphatic imine (C=N–C) groups is 1. The van der Waals surface area contributed by atoms with Crippen molar-refractivity contribution in [2.75, 3.05) is 13.2 Å². The molecule has 262 valence electrons. The van der Waals surface area contributed by atoms with E-state index in [2.05, 4.69) is 10.3 Å². The highest BCUT2D eigenvalue weighted by Gasteiger charge is 2.45. The van der Waals surface area contributed by atoms with E-state index in [1.165, 1.54) is 20.6 Å². The number of pyridine rings is 1. The van der Waals surface area contributed by atoms with Crippen LogP contribution in [-0.2, 0) is 36.9 Å². The van der Waals surface area contributed by atoms with E-state index in [-0.39, 0.29) is 60.5 Å². The molecular weight excluding hydrogens is 704 g/mol. The van der Waals surface area contributed by atoms with Gasteiger partial charge in [0, 0.05) is 18.7 Å². The molecule has 50 heavy (non-hydrogen) atoms. The number of primary amides is 1. The summed E-state index contributed by atoms with van der Waals surface area (Å²) < 4.78 is 6.98. The third kappa shape index (κ3) is 8.70. The first-order chi connectivity index (χ1) is 23.3. The lowest BCUT2D eigenvalue weighted by molar-refractivity contribution is -0.684. The van der Waals surface area contributed by atoms with E-state index in [1.54, 1.807) is 48.8 Å². The van der Waals surface area contributed by atoms with Crippen molar-refractivity contribution in [2.45, 2.75) is 58.3 Å². The molecule has 0 saturated heterocycles. The molecule has 0 radical (unpaired) electrons. The molecule has 0 saturated carbocycles. The number of Topliss-reactive ketones (excluding diaryl/α,β-unsaturated/α-hetero) is 1. The van der Waals surface area contributed by atoms with Crippen LogP contribution in [0.15, 0.2) is 96.4 Å². The van der Waals surface area contributed by atoms with Gasteiger partial charge in [0.05, 0.1) is 17.8 Å². The molecule has 2 aliphatic heterocycles. The maximum Gasteiger partial charge on any atom is 0.283 e. The zero-order chi connectivity index (χ0) is 35.3. The van der Waals surface area contributed by atoms with Crippen LogP contribution >= 0.6 is 0 Å². The van der Waals surface area contributed by atoms with Crippen molar-refractivity contribution in [1.29, 1.82) is 0 Å². The average Bonchev–Trinajstić information content (AvgIpc) is 3.45.